The van der Waals surface area contributed by atoms with Crippen LogP contribution in [-0.4, -0.2) is 49.1 Å². The summed E-state index contributed by atoms with van der Waals surface area (Å²) in [6, 6.07) is 5.23. The Kier molecular flexibility index (Phi) is 4.66. The van der Waals surface area contributed by atoms with Crippen molar-refractivity contribution in [3.8, 4) is 0 Å². The van der Waals surface area contributed by atoms with Crippen LogP contribution in [0.25, 0.3) is 11.0 Å². The van der Waals surface area contributed by atoms with Gasteiger partial charge in [-0.05, 0) is 30.2 Å². The lowest BCUT2D eigenvalue weighted by Gasteiger charge is -2.08. The van der Waals surface area contributed by atoms with E-state index in [9.17, 15) is 9.90 Å². The number of anilines is 1. The number of aliphatic hydroxyl groups is 1. The lowest BCUT2D eigenvalue weighted by Crippen LogP contribution is -2.09. The van der Waals surface area contributed by atoms with E-state index in [1.54, 1.807) is 17.1 Å². The van der Waals surface area contributed by atoms with Gasteiger partial charge in [0.25, 0.3) is 0 Å². The Balaban J connectivity index is 2.00. The second kappa shape index (κ2) is 7.05. The van der Waals surface area contributed by atoms with Crippen LogP contribution >= 0.6 is 0 Å². The molecular weight excluding hydrogens is 310 g/mol. The first kappa shape index (κ1) is 15.9. The van der Waals surface area contributed by atoms with Gasteiger partial charge in [-0.15, -0.1) is 0 Å². The number of carbonyl (C=O) groups is 1. The molecule has 0 bridgehead atoms. The van der Waals surface area contributed by atoms with E-state index in [0.717, 1.165) is 5.56 Å². The summed E-state index contributed by atoms with van der Waals surface area (Å²) >= 11 is 0. The minimum absolute atomic E-state index is 0.0566. The fourth-order valence-corrected chi connectivity index (χ4v) is 2.39. The maximum atomic E-state index is 11.5. The highest BCUT2D eigenvalue weighted by atomic mass is 16.4. The highest BCUT2D eigenvalue weighted by molar-refractivity contribution is 6.02. The topological polar surface area (TPSA) is 113 Å². The molecule has 3 aromatic heterocycles. The van der Waals surface area contributed by atoms with Gasteiger partial charge >= 0.3 is 5.97 Å². The zero-order valence-corrected chi connectivity index (χ0v) is 12.9. The summed E-state index contributed by atoms with van der Waals surface area (Å²) in [7, 11) is 0. The van der Waals surface area contributed by atoms with E-state index in [1.165, 1.54) is 12.3 Å². The van der Waals surface area contributed by atoms with Crippen LogP contribution in [0.4, 0.5) is 5.82 Å². The Bertz CT molecular complexity index is 848. The Morgan fingerprint density at radius 1 is 1.29 bits per heavy atom. The van der Waals surface area contributed by atoms with Crippen LogP contribution in [0.2, 0.25) is 0 Å². The molecule has 0 saturated carbocycles. The number of nitrogens with one attached hydrogen (secondary N) is 1. The molecule has 8 heteroatoms. The van der Waals surface area contributed by atoms with Crippen LogP contribution < -0.4 is 5.32 Å². The average molecular weight is 327 g/mol. The zero-order chi connectivity index (χ0) is 16.9. The van der Waals surface area contributed by atoms with Crippen LogP contribution in [0.1, 0.15) is 22.3 Å². The molecule has 0 amide bonds. The fourth-order valence-electron chi connectivity index (χ4n) is 2.39. The third-order valence-electron chi connectivity index (χ3n) is 3.56. The summed E-state index contributed by atoms with van der Waals surface area (Å²) in [5.74, 6) is -0.583. The molecule has 24 heavy (non-hydrogen) atoms. The molecule has 3 aromatic rings. The van der Waals surface area contributed by atoms with Crippen LogP contribution in [-0.2, 0) is 6.54 Å². The number of nitrogens with zero attached hydrogens (tertiary/aromatic N) is 4. The largest absolute Gasteiger partial charge is 0.478 e. The van der Waals surface area contributed by atoms with E-state index in [0.29, 0.717) is 36.4 Å². The number of carboxylic acid groups (broad SMARTS) is 1. The molecule has 0 atom stereocenters. The number of carboxylic acids is 1. The zero-order valence-electron chi connectivity index (χ0n) is 12.9. The Labute approximate surface area is 137 Å². The van der Waals surface area contributed by atoms with E-state index in [2.05, 4.69) is 20.4 Å². The Morgan fingerprint density at radius 2 is 2.08 bits per heavy atom. The first-order valence-corrected chi connectivity index (χ1v) is 7.52. The van der Waals surface area contributed by atoms with E-state index in [4.69, 9.17) is 5.11 Å². The summed E-state index contributed by atoms with van der Waals surface area (Å²) in [4.78, 5) is 20.0. The standard InChI is InChI=1S/C16H17N5O3/c22-7-1-4-18-14-8-12(16(23)24)13-9-19-21(15(13)20-14)10-11-2-5-17-6-3-11/h2-3,5-6,8-9,22H,1,4,7,10H2,(H,18,20)(H,23,24). The molecule has 0 unspecified atom stereocenters. The Hall–Kier alpha value is -3.00. The number of aliphatic hydroxyl groups excluding tert-OH is 1. The van der Waals surface area contributed by atoms with Crippen molar-refractivity contribution in [2.24, 2.45) is 0 Å². The fraction of sp³-hybridized carbons (Fsp3) is 0.250. The molecule has 0 aliphatic heterocycles. The SMILES string of the molecule is O=C(O)c1cc(NCCCO)nc2c1cnn2Cc1ccncc1. The van der Waals surface area contributed by atoms with Crippen molar-refractivity contribution in [2.75, 3.05) is 18.5 Å². The summed E-state index contributed by atoms with van der Waals surface area (Å²) in [5.41, 5.74) is 1.64. The Morgan fingerprint density at radius 3 is 2.79 bits per heavy atom. The minimum atomic E-state index is -1.03. The van der Waals surface area contributed by atoms with Crippen molar-refractivity contribution < 1.29 is 15.0 Å². The second-order valence-electron chi connectivity index (χ2n) is 5.26. The number of fused-ring (bicyclic) bond motifs is 1. The van der Waals surface area contributed by atoms with Crippen molar-refractivity contribution in [3.63, 3.8) is 0 Å². The first-order chi connectivity index (χ1) is 11.7. The third-order valence-corrected chi connectivity index (χ3v) is 3.56. The summed E-state index contributed by atoms with van der Waals surface area (Å²) < 4.78 is 1.66. The summed E-state index contributed by atoms with van der Waals surface area (Å²) in [6.45, 7) is 1.03. The lowest BCUT2D eigenvalue weighted by atomic mass is 10.2. The van der Waals surface area contributed by atoms with Gasteiger partial charge in [0, 0.05) is 25.5 Å². The van der Waals surface area contributed by atoms with Crippen molar-refractivity contribution in [1.82, 2.24) is 19.7 Å². The van der Waals surface area contributed by atoms with Gasteiger partial charge in [0.1, 0.15) is 5.82 Å². The molecule has 0 radical (unpaired) electrons. The van der Waals surface area contributed by atoms with Crippen molar-refractivity contribution in [2.45, 2.75) is 13.0 Å². The maximum Gasteiger partial charge on any atom is 0.336 e. The van der Waals surface area contributed by atoms with Gasteiger partial charge in [0.05, 0.1) is 23.7 Å². The molecule has 0 aliphatic rings. The van der Waals surface area contributed by atoms with Gasteiger partial charge < -0.3 is 15.5 Å². The smallest absolute Gasteiger partial charge is 0.336 e. The summed E-state index contributed by atoms with van der Waals surface area (Å²) in [5, 5.41) is 26.1. The monoisotopic (exact) mass is 327 g/mol. The number of aromatic carboxylic acids is 1. The highest BCUT2D eigenvalue weighted by Gasteiger charge is 2.16. The molecule has 0 aromatic carbocycles. The van der Waals surface area contributed by atoms with Gasteiger partial charge in [-0.25, -0.2) is 14.5 Å². The molecular formula is C16H17N5O3. The molecule has 0 saturated heterocycles. The molecule has 124 valence electrons. The second-order valence-corrected chi connectivity index (χ2v) is 5.26. The van der Waals surface area contributed by atoms with E-state index >= 15 is 0 Å². The highest BCUT2D eigenvalue weighted by Crippen LogP contribution is 2.21. The quantitative estimate of drug-likeness (QED) is 0.562. The number of hydrogen-bond donors (Lipinski definition) is 3. The maximum absolute atomic E-state index is 11.5. The van der Waals surface area contributed by atoms with Crippen LogP contribution in [0.15, 0.2) is 36.8 Å². The lowest BCUT2D eigenvalue weighted by molar-refractivity contribution is 0.0699. The molecule has 0 spiro atoms. The minimum Gasteiger partial charge on any atom is -0.478 e. The molecule has 3 N–H and O–H groups in total. The summed E-state index contributed by atoms with van der Waals surface area (Å²) in [6.07, 6.45) is 5.46. The predicted molar refractivity (Wildman–Crippen MR) is 88.0 cm³/mol. The number of aromatic nitrogens is 4. The van der Waals surface area contributed by atoms with E-state index in [-0.39, 0.29) is 12.2 Å². The van der Waals surface area contributed by atoms with Gasteiger partial charge in [-0.2, -0.15) is 5.10 Å². The number of pyridine rings is 2. The van der Waals surface area contributed by atoms with Gasteiger partial charge in [0.15, 0.2) is 5.65 Å². The number of rotatable bonds is 7. The normalized spacial score (nSPS) is 10.9. The van der Waals surface area contributed by atoms with Crippen molar-refractivity contribution >= 4 is 22.8 Å². The van der Waals surface area contributed by atoms with Crippen molar-refractivity contribution in [3.05, 3.63) is 47.9 Å². The van der Waals surface area contributed by atoms with Crippen LogP contribution in [0.3, 0.4) is 0 Å². The molecule has 0 aliphatic carbocycles. The van der Waals surface area contributed by atoms with Gasteiger partial charge in [-0.1, -0.05) is 0 Å². The molecule has 0 fully saturated rings. The molecule has 3 heterocycles. The van der Waals surface area contributed by atoms with Crippen molar-refractivity contribution in [1.29, 1.82) is 0 Å². The number of hydrogen-bond acceptors (Lipinski definition) is 6. The first-order valence-electron chi connectivity index (χ1n) is 7.52. The van der Waals surface area contributed by atoms with Crippen LogP contribution in [0.5, 0.6) is 0 Å². The van der Waals surface area contributed by atoms with E-state index in [1.807, 2.05) is 12.1 Å². The molecule has 8 nitrogen and oxygen atoms in total. The predicted octanol–water partition coefficient (Wildman–Crippen LogP) is 1.37. The molecule has 3 rings (SSSR count). The third kappa shape index (κ3) is 3.33. The van der Waals surface area contributed by atoms with Gasteiger partial charge in [0.2, 0.25) is 0 Å². The van der Waals surface area contributed by atoms with Gasteiger partial charge in [-0.3, -0.25) is 4.98 Å². The average Bonchev–Trinajstić information content (AvgIpc) is 2.98. The van der Waals surface area contributed by atoms with Crippen LogP contribution in [0, 0.1) is 0 Å². The van der Waals surface area contributed by atoms with E-state index < -0.39 is 5.97 Å².